The Kier molecular flexibility index (Phi) is 8.40. The van der Waals surface area contributed by atoms with Crippen LogP contribution in [0.4, 0.5) is 0 Å². The second-order valence-corrected chi connectivity index (χ2v) is 8.91. The molecule has 36 heavy (non-hydrogen) atoms. The molecule has 0 spiro atoms. The summed E-state index contributed by atoms with van der Waals surface area (Å²) in [5, 5.41) is 65.5. The Morgan fingerprint density at radius 3 is 2.22 bits per heavy atom. The zero-order valence-corrected chi connectivity index (χ0v) is 19.5. The second-order valence-electron chi connectivity index (χ2n) is 8.91. The van der Waals surface area contributed by atoms with Gasteiger partial charge in [0.05, 0.1) is 13.2 Å². The van der Waals surface area contributed by atoms with Crippen LogP contribution in [0.15, 0.2) is 42.5 Å². The second kappa shape index (κ2) is 11.3. The smallest absolute Gasteiger partial charge is 0.229 e. The van der Waals surface area contributed by atoms with E-state index < -0.39 is 80.5 Å². The molecule has 2 saturated heterocycles. The molecule has 2 aliphatic rings. The molecule has 2 aromatic rings. The van der Waals surface area contributed by atoms with E-state index in [4.69, 9.17) is 18.9 Å². The lowest BCUT2D eigenvalue weighted by Crippen LogP contribution is -2.65. The summed E-state index contributed by atoms with van der Waals surface area (Å²) in [5.41, 5.74) is 0. The minimum atomic E-state index is -1.63. The normalized spacial score (nSPS) is 37.0. The van der Waals surface area contributed by atoms with E-state index in [2.05, 4.69) is 5.32 Å². The van der Waals surface area contributed by atoms with Gasteiger partial charge in [0.15, 0.2) is 6.29 Å². The maximum Gasteiger partial charge on any atom is 0.229 e. The summed E-state index contributed by atoms with van der Waals surface area (Å²) in [6.07, 6.45) is -12.8. The zero-order valence-electron chi connectivity index (χ0n) is 19.5. The molecule has 0 bridgehead atoms. The van der Waals surface area contributed by atoms with E-state index in [1.807, 2.05) is 30.3 Å². The largest absolute Gasteiger partial charge is 0.462 e. The molecule has 2 aromatic carbocycles. The van der Waals surface area contributed by atoms with Crippen molar-refractivity contribution in [2.75, 3.05) is 13.2 Å². The number of benzene rings is 2. The highest BCUT2D eigenvalue weighted by molar-refractivity contribution is 5.83. The predicted molar refractivity (Wildman–Crippen MR) is 123 cm³/mol. The van der Waals surface area contributed by atoms with Gasteiger partial charge in [-0.05, 0) is 22.9 Å². The lowest BCUT2D eigenvalue weighted by molar-refractivity contribution is -0.306. The van der Waals surface area contributed by atoms with E-state index in [1.165, 1.54) is 6.92 Å². The third-order valence-electron chi connectivity index (χ3n) is 6.32. The molecule has 1 amide bonds. The molecule has 2 aliphatic heterocycles. The number of hydrogen-bond acceptors (Lipinski definition) is 11. The summed E-state index contributed by atoms with van der Waals surface area (Å²) in [5.74, 6) is -0.160. The number of carbonyl (C=O) groups is 1. The van der Waals surface area contributed by atoms with Crippen molar-refractivity contribution >= 4 is 16.7 Å². The minimum absolute atomic E-state index is 0.366. The Bertz CT molecular complexity index is 1040. The number of amides is 1. The van der Waals surface area contributed by atoms with Crippen LogP contribution in [0.1, 0.15) is 6.92 Å². The summed E-state index contributed by atoms with van der Waals surface area (Å²) < 4.78 is 22.6. The molecule has 2 fully saturated rings. The van der Waals surface area contributed by atoms with Crippen molar-refractivity contribution in [3.8, 4) is 5.75 Å². The van der Waals surface area contributed by atoms with E-state index in [-0.39, 0.29) is 0 Å². The highest BCUT2D eigenvalue weighted by Gasteiger charge is 2.48. The average molecular weight is 510 g/mol. The van der Waals surface area contributed by atoms with Gasteiger partial charge in [0.25, 0.3) is 0 Å². The number of fused-ring (bicyclic) bond motifs is 1. The van der Waals surface area contributed by atoms with Gasteiger partial charge < -0.3 is 54.9 Å². The van der Waals surface area contributed by atoms with Crippen molar-refractivity contribution in [3.05, 3.63) is 42.5 Å². The molecule has 7 N–H and O–H groups in total. The molecular formula is C24H31NO11. The predicted octanol–water partition coefficient (Wildman–Crippen LogP) is -2.01. The van der Waals surface area contributed by atoms with Gasteiger partial charge in [-0.1, -0.05) is 30.3 Å². The van der Waals surface area contributed by atoms with Crippen molar-refractivity contribution in [2.24, 2.45) is 0 Å². The lowest BCUT2D eigenvalue weighted by atomic mass is 9.96. The molecule has 12 heteroatoms. The first kappa shape index (κ1) is 26.7. The number of hydrogen-bond donors (Lipinski definition) is 7. The standard InChI is InChI=1S/C24H31NO11/c1-11(27)25-17-20(30)18(28)15(9-26)35-23(17)33-10-16-19(29)21(31)22(32)24(36-16)34-14-7-6-12-4-2-3-5-13(12)8-14/h2-8,15-24,26,28-32H,9-10H2,1H3,(H,25,27)/t15-,16-,17-,18-,19+,20-,21+,22-,23-,24+/m1/s1. The first-order valence-corrected chi connectivity index (χ1v) is 11.6. The minimum Gasteiger partial charge on any atom is -0.462 e. The number of rotatable bonds is 7. The van der Waals surface area contributed by atoms with Gasteiger partial charge in [0.1, 0.15) is 54.5 Å². The summed E-state index contributed by atoms with van der Waals surface area (Å²) in [6.45, 7) is 0.166. The molecule has 0 aliphatic carbocycles. The van der Waals surface area contributed by atoms with Crippen LogP contribution in [0, 0.1) is 0 Å². The molecular weight excluding hydrogens is 478 g/mol. The first-order chi connectivity index (χ1) is 17.2. The molecule has 4 rings (SSSR count). The molecule has 198 valence electrons. The molecule has 0 aromatic heterocycles. The van der Waals surface area contributed by atoms with Crippen LogP contribution in [0.25, 0.3) is 10.8 Å². The SMILES string of the molecule is CC(=O)N[C@H]1[C@H](OC[C@H]2O[C@H](Oc3ccc4ccccc4c3)[C@H](O)[C@@H](O)[C@H]2O)O[C@H](CO)[C@@H](O)[C@@H]1O. The number of nitrogens with one attached hydrogen (secondary N) is 1. The number of aliphatic hydroxyl groups is 6. The lowest BCUT2D eigenvalue weighted by Gasteiger charge is -2.44. The van der Waals surface area contributed by atoms with Crippen LogP contribution in [0.5, 0.6) is 5.75 Å². The number of ether oxygens (including phenoxy) is 4. The summed E-state index contributed by atoms with van der Waals surface area (Å²) in [4.78, 5) is 11.6. The molecule has 0 radical (unpaired) electrons. The van der Waals surface area contributed by atoms with Gasteiger partial charge in [-0.25, -0.2) is 0 Å². The van der Waals surface area contributed by atoms with Gasteiger partial charge in [-0.2, -0.15) is 0 Å². The maximum atomic E-state index is 11.6. The quantitative estimate of drug-likeness (QED) is 0.218. The Labute approximate surface area is 206 Å². The maximum absolute atomic E-state index is 11.6. The Morgan fingerprint density at radius 1 is 0.861 bits per heavy atom. The van der Waals surface area contributed by atoms with Crippen molar-refractivity contribution in [3.63, 3.8) is 0 Å². The van der Waals surface area contributed by atoms with E-state index >= 15 is 0 Å². The fourth-order valence-corrected chi connectivity index (χ4v) is 4.33. The third-order valence-corrected chi connectivity index (χ3v) is 6.32. The van der Waals surface area contributed by atoms with Crippen molar-refractivity contribution in [2.45, 2.75) is 68.3 Å². The molecule has 2 heterocycles. The Hall–Kier alpha value is -2.39. The van der Waals surface area contributed by atoms with Crippen LogP contribution >= 0.6 is 0 Å². The van der Waals surface area contributed by atoms with E-state index in [9.17, 15) is 35.4 Å². The Balaban J connectivity index is 1.45. The van der Waals surface area contributed by atoms with Crippen molar-refractivity contribution in [1.82, 2.24) is 5.32 Å². The monoisotopic (exact) mass is 509 g/mol. The summed E-state index contributed by atoms with van der Waals surface area (Å²) >= 11 is 0. The van der Waals surface area contributed by atoms with Crippen LogP contribution in [0.3, 0.4) is 0 Å². The highest BCUT2D eigenvalue weighted by Crippen LogP contribution is 2.28. The van der Waals surface area contributed by atoms with Crippen LogP contribution < -0.4 is 10.1 Å². The van der Waals surface area contributed by atoms with Gasteiger partial charge in [-0.15, -0.1) is 0 Å². The van der Waals surface area contributed by atoms with Gasteiger partial charge in [0.2, 0.25) is 12.2 Å². The topological polar surface area (TPSA) is 187 Å². The third kappa shape index (κ3) is 5.62. The van der Waals surface area contributed by atoms with Crippen molar-refractivity contribution in [1.29, 1.82) is 0 Å². The van der Waals surface area contributed by atoms with Crippen molar-refractivity contribution < 1.29 is 54.4 Å². The van der Waals surface area contributed by atoms with Gasteiger partial charge in [-0.3, -0.25) is 4.79 Å². The fraction of sp³-hybridized carbons (Fsp3) is 0.542. The summed E-state index contributed by atoms with van der Waals surface area (Å²) in [7, 11) is 0. The first-order valence-electron chi connectivity index (χ1n) is 11.6. The number of aliphatic hydroxyl groups excluding tert-OH is 6. The van der Waals surface area contributed by atoms with E-state index in [1.54, 1.807) is 12.1 Å². The van der Waals surface area contributed by atoms with Crippen LogP contribution in [0.2, 0.25) is 0 Å². The molecule has 0 unspecified atom stereocenters. The van der Waals surface area contributed by atoms with Crippen LogP contribution in [-0.2, 0) is 19.0 Å². The van der Waals surface area contributed by atoms with E-state index in [0.717, 1.165) is 10.8 Å². The average Bonchev–Trinajstić information content (AvgIpc) is 2.87. The Morgan fingerprint density at radius 2 is 1.53 bits per heavy atom. The zero-order chi connectivity index (χ0) is 26.0. The number of carbonyl (C=O) groups excluding carboxylic acids is 1. The molecule has 12 nitrogen and oxygen atoms in total. The van der Waals surface area contributed by atoms with Crippen LogP contribution in [-0.4, -0.2) is 111 Å². The molecule has 0 saturated carbocycles. The van der Waals surface area contributed by atoms with Gasteiger partial charge >= 0.3 is 0 Å². The van der Waals surface area contributed by atoms with E-state index in [0.29, 0.717) is 5.75 Å². The fourth-order valence-electron chi connectivity index (χ4n) is 4.33. The molecule has 10 atom stereocenters. The summed E-state index contributed by atoms with van der Waals surface area (Å²) in [6, 6.07) is 11.6. The van der Waals surface area contributed by atoms with Gasteiger partial charge in [0, 0.05) is 6.92 Å². The highest BCUT2D eigenvalue weighted by atomic mass is 16.7.